The number of anilines is 1. The van der Waals surface area contributed by atoms with Crippen LogP contribution in [-0.2, 0) is 0 Å². The maximum Gasteiger partial charge on any atom is 0.294 e. The summed E-state index contributed by atoms with van der Waals surface area (Å²) in [5, 5.41) is 11.3. The van der Waals surface area contributed by atoms with Crippen molar-refractivity contribution in [3.63, 3.8) is 0 Å². The molecule has 0 bridgehead atoms. The van der Waals surface area contributed by atoms with Crippen molar-refractivity contribution >= 4 is 11.7 Å². The fourth-order valence-electron chi connectivity index (χ4n) is 1.70. The Kier molecular flexibility index (Phi) is 4.69. The van der Waals surface area contributed by atoms with Gasteiger partial charge in [0.1, 0.15) is 11.5 Å². The second-order valence-electron chi connectivity index (χ2n) is 4.28. The van der Waals surface area contributed by atoms with Gasteiger partial charge in [0.25, 0.3) is 5.91 Å². The summed E-state index contributed by atoms with van der Waals surface area (Å²) in [5.74, 6) is 6.17. The van der Waals surface area contributed by atoms with Crippen LogP contribution < -0.4 is 5.32 Å². The molecular formula is C15H15N3O3. The number of pyridine rings is 1. The standard InChI is InChI=1S/C15H15N3O3/c1-10-14(21-11(2)16-10)15(20)18-13-8-5-7-12(17-13)6-3-4-9-19/h5,7-8,19H,4,9H2,1-2H3,(H,17,18,20). The number of hydrogen-bond acceptors (Lipinski definition) is 5. The third-order valence-corrected chi connectivity index (χ3v) is 2.55. The molecule has 0 saturated carbocycles. The van der Waals surface area contributed by atoms with Crippen LogP contribution in [-0.4, -0.2) is 27.6 Å². The van der Waals surface area contributed by atoms with Gasteiger partial charge in [-0.15, -0.1) is 0 Å². The van der Waals surface area contributed by atoms with Gasteiger partial charge < -0.3 is 14.8 Å². The lowest BCUT2D eigenvalue weighted by molar-refractivity contribution is 0.0994. The molecule has 108 valence electrons. The fourth-order valence-corrected chi connectivity index (χ4v) is 1.70. The zero-order chi connectivity index (χ0) is 15.2. The molecule has 0 fully saturated rings. The van der Waals surface area contributed by atoms with Gasteiger partial charge in [0.15, 0.2) is 5.89 Å². The van der Waals surface area contributed by atoms with E-state index in [4.69, 9.17) is 9.52 Å². The van der Waals surface area contributed by atoms with Crippen molar-refractivity contribution in [2.75, 3.05) is 11.9 Å². The number of nitrogens with zero attached hydrogens (tertiary/aromatic N) is 2. The van der Waals surface area contributed by atoms with E-state index in [9.17, 15) is 4.79 Å². The minimum Gasteiger partial charge on any atom is -0.436 e. The number of nitrogens with one attached hydrogen (secondary N) is 1. The summed E-state index contributed by atoms with van der Waals surface area (Å²) < 4.78 is 5.25. The third kappa shape index (κ3) is 3.91. The molecule has 2 heterocycles. The van der Waals surface area contributed by atoms with Gasteiger partial charge in [0.05, 0.1) is 12.3 Å². The molecule has 0 aliphatic heterocycles. The van der Waals surface area contributed by atoms with Crippen molar-refractivity contribution in [3.05, 3.63) is 41.2 Å². The van der Waals surface area contributed by atoms with Crippen LogP contribution in [0.1, 0.15) is 34.3 Å². The van der Waals surface area contributed by atoms with Crippen molar-refractivity contribution in [2.24, 2.45) is 0 Å². The third-order valence-electron chi connectivity index (χ3n) is 2.55. The molecule has 6 heteroatoms. The summed E-state index contributed by atoms with van der Waals surface area (Å²) >= 11 is 0. The lowest BCUT2D eigenvalue weighted by Crippen LogP contribution is -2.13. The highest BCUT2D eigenvalue weighted by Crippen LogP contribution is 2.12. The molecule has 0 aromatic carbocycles. The van der Waals surface area contributed by atoms with Crippen LogP contribution in [0.2, 0.25) is 0 Å². The maximum atomic E-state index is 12.1. The van der Waals surface area contributed by atoms with Crippen LogP contribution in [0.3, 0.4) is 0 Å². The van der Waals surface area contributed by atoms with E-state index in [0.29, 0.717) is 29.5 Å². The van der Waals surface area contributed by atoms with E-state index in [2.05, 4.69) is 27.1 Å². The number of aryl methyl sites for hydroxylation is 2. The van der Waals surface area contributed by atoms with Gasteiger partial charge in [0.2, 0.25) is 5.76 Å². The highest BCUT2D eigenvalue weighted by atomic mass is 16.4. The fraction of sp³-hybridized carbons (Fsp3) is 0.267. The summed E-state index contributed by atoms with van der Waals surface area (Å²) in [6.07, 6.45) is 0.384. The van der Waals surface area contributed by atoms with Crippen molar-refractivity contribution in [2.45, 2.75) is 20.3 Å². The molecule has 0 atom stereocenters. The van der Waals surface area contributed by atoms with Crippen LogP contribution >= 0.6 is 0 Å². The molecule has 2 N–H and O–H groups in total. The van der Waals surface area contributed by atoms with E-state index in [1.54, 1.807) is 32.0 Å². The second kappa shape index (κ2) is 6.68. The topological polar surface area (TPSA) is 88.2 Å². The Hall–Kier alpha value is -2.65. The molecule has 2 aromatic rings. The number of amides is 1. The minimum atomic E-state index is -0.402. The summed E-state index contributed by atoms with van der Waals surface area (Å²) in [5.41, 5.74) is 1.05. The number of aliphatic hydroxyl groups excluding tert-OH is 1. The summed E-state index contributed by atoms with van der Waals surface area (Å²) in [4.78, 5) is 20.3. The average Bonchev–Trinajstić information content (AvgIpc) is 2.78. The summed E-state index contributed by atoms with van der Waals surface area (Å²) in [6, 6.07) is 5.13. The Morgan fingerprint density at radius 2 is 2.19 bits per heavy atom. The molecule has 0 unspecified atom stereocenters. The lowest BCUT2D eigenvalue weighted by atomic mass is 10.3. The summed E-state index contributed by atoms with van der Waals surface area (Å²) in [7, 11) is 0. The number of rotatable bonds is 3. The van der Waals surface area contributed by atoms with Crippen LogP contribution in [0.15, 0.2) is 22.6 Å². The first-order valence-corrected chi connectivity index (χ1v) is 6.42. The summed E-state index contributed by atoms with van der Waals surface area (Å²) in [6.45, 7) is 3.39. The van der Waals surface area contributed by atoms with E-state index in [1.807, 2.05) is 0 Å². The van der Waals surface area contributed by atoms with Gasteiger partial charge in [0, 0.05) is 13.3 Å². The predicted octanol–water partition coefficient (Wildman–Crippen LogP) is 1.67. The molecule has 0 saturated heterocycles. The Morgan fingerprint density at radius 3 is 2.86 bits per heavy atom. The molecule has 2 aromatic heterocycles. The second-order valence-corrected chi connectivity index (χ2v) is 4.28. The monoisotopic (exact) mass is 285 g/mol. The Balaban J connectivity index is 2.13. The number of carbonyl (C=O) groups excluding carboxylic acids is 1. The predicted molar refractivity (Wildman–Crippen MR) is 76.7 cm³/mol. The first-order chi connectivity index (χ1) is 10.1. The number of aliphatic hydroxyl groups is 1. The van der Waals surface area contributed by atoms with Gasteiger partial charge in [-0.25, -0.2) is 9.97 Å². The molecule has 1 amide bonds. The minimum absolute atomic E-state index is 0.00749. The quantitative estimate of drug-likeness (QED) is 0.837. The first kappa shape index (κ1) is 14.8. The Labute approximate surface area is 122 Å². The van der Waals surface area contributed by atoms with Gasteiger partial charge in [-0.2, -0.15) is 0 Å². The normalized spacial score (nSPS) is 9.86. The number of aromatic nitrogens is 2. The van der Waals surface area contributed by atoms with Gasteiger partial charge in [-0.1, -0.05) is 12.0 Å². The van der Waals surface area contributed by atoms with E-state index in [1.165, 1.54) is 0 Å². The van der Waals surface area contributed by atoms with Crippen molar-refractivity contribution < 1.29 is 14.3 Å². The molecule has 21 heavy (non-hydrogen) atoms. The Bertz CT molecular complexity index is 710. The smallest absolute Gasteiger partial charge is 0.294 e. The number of hydrogen-bond donors (Lipinski definition) is 2. The van der Waals surface area contributed by atoms with E-state index < -0.39 is 5.91 Å². The van der Waals surface area contributed by atoms with Crippen LogP contribution in [0.25, 0.3) is 0 Å². The molecule has 2 rings (SSSR count). The van der Waals surface area contributed by atoms with Gasteiger partial charge in [-0.05, 0) is 25.0 Å². The first-order valence-electron chi connectivity index (χ1n) is 6.42. The lowest BCUT2D eigenvalue weighted by Gasteiger charge is -2.02. The molecular weight excluding hydrogens is 270 g/mol. The highest BCUT2D eigenvalue weighted by Gasteiger charge is 2.16. The highest BCUT2D eigenvalue weighted by molar-refractivity contribution is 6.02. The maximum absolute atomic E-state index is 12.1. The molecule has 6 nitrogen and oxygen atoms in total. The largest absolute Gasteiger partial charge is 0.436 e. The number of oxazole rings is 1. The van der Waals surface area contributed by atoms with Crippen LogP contribution in [0.4, 0.5) is 5.82 Å². The van der Waals surface area contributed by atoms with Crippen LogP contribution in [0.5, 0.6) is 0 Å². The molecule has 0 aliphatic carbocycles. The van der Waals surface area contributed by atoms with E-state index in [-0.39, 0.29) is 12.4 Å². The van der Waals surface area contributed by atoms with E-state index >= 15 is 0 Å². The van der Waals surface area contributed by atoms with Crippen molar-refractivity contribution in [1.29, 1.82) is 0 Å². The number of carbonyl (C=O) groups is 1. The van der Waals surface area contributed by atoms with Gasteiger partial charge >= 0.3 is 0 Å². The van der Waals surface area contributed by atoms with Crippen molar-refractivity contribution in [3.8, 4) is 11.8 Å². The van der Waals surface area contributed by atoms with E-state index in [0.717, 1.165) is 0 Å². The van der Waals surface area contributed by atoms with Crippen molar-refractivity contribution in [1.82, 2.24) is 9.97 Å². The van der Waals surface area contributed by atoms with Gasteiger partial charge in [-0.3, -0.25) is 4.79 Å². The van der Waals surface area contributed by atoms with Crippen LogP contribution in [0, 0.1) is 25.7 Å². The average molecular weight is 285 g/mol. The molecule has 0 aliphatic rings. The Morgan fingerprint density at radius 1 is 1.38 bits per heavy atom. The molecule has 0 spiro atoms. The molecule has 0 radical (unpaired) electrons. The zero-order valence-electron chi connectivity index (χ0n) is 11.8. The zero-order valence-corrected chi connectivity index (χ0v) is 11.8. The SMILES string of the molecule is Cc1nc(C)c(C(=O)Nc2cccc(C#CCCO)n2)o1.